The first-order valence-electron chi connectivity index (χ1n) is 8.02. The predicted octanol–water partition coefficient (Wildman–Crippen LogP) is 0.109. The van der Waals surface area contributed by atoms with Gasteiger partial charge in [-0.2, -0.15) is 0 Å². The van der Waals surface area contributed by atoms with Gasteiger partial charge in [0.2, 0.25) is 0 Å². The number of alkyl halides is 3. The second-order valence-electron chi connectivity index (χ2n) is 5.37. The standard InChI is InChI=1S/C15H19Cl3O10/c1-2-8(19)26-13-12(27-10(21)4-17)7(6-24-9(20)3-16)25-15(23)14(13)28-11(22)5-18/h7,12-15,23H,2-6H2,1H3/t7?,12?,13-,14+,15-/m0/s1. The lowest BCUT2D eigenvalue weighted by Gasteiger charge is -2.42. The Hall–Kier alpha value is -1.33. The number of esters is 4. The van der Waals surface area contributed by atoms with Crippen LogP contribution in [0.15, 0.2) is 0 Å². The molecule has 1 aliphatic heterocycles. The fraction of sp³-hybridized carbons (Fsp3) is 0.733. The van der Waals surface area contributed by atoms with Gasteiger partial charge in [-0.15, -0.1) is 34.8 Å². The highest BCUT2D eigenvalue weighted by Crippen LogP contribution is 2.28. The van der Waals surface area contributed by atoms with E-state index >= 15 is 0 Å². The molecule has 1 fully saturated rings. The van der Waals surface area contributed by atoms with Crippen molar-refractivity contribution in [3.63, 3.8) is 0 Å². The maximum Gasteiger partial charge on any atom is 0.321 e. The molecule has 0 spiro atoms. The molecule has 0 aromatic heterocycles. The van der Waals surface area contributed by atoms with Crippen LogP contribution < -0.4 is 0 Å². The van der Waals surface area contributed by atoms with Crippen LogP contribution in [-0.2, 0) is 42.9 Å². The van der Waals surface area contributed by atoms with Gasteiger partial charge < -0.3 is 28.8 Å². The highest BCUT2D eigenvalue weighted by molar-refractivity contribution is 6.27. The molecule has 1 aliphatic rings. The molecule has 1 rings (SSSR count). The lowest BCUT2D eigenvalue weighted by molar-refractivity contribution is -0.296. The van der Waals surface area contributed by atoms with E-state index in [2.05, 4.69) is 0 Å². The summed E-state index contributed by atoms with van der Waals surface area (Å²) >= 11 is 16.2. The Labute approximate surface area is 175 Å². The van der Waals surface area contributed by atoms with E-state index in [0.717, 1.165) is 0 Å². The molecule has 0 saturated carbocycles. The number of hydrogen-bond donors (Lipinski definition) is 1. The highest BCUT2D eigenvalue weighted by atomic mass is 35.5. The molecule has 160 valence electrons. The molecule has 0 bridgehead atoms. The largest absolute Gasteiger partial charge is 0.462 e. The van der Waals surface area contributed by atoms with Gasteiger partial charge in [0, 0.05) is 6.42 Å². The third-order valence-corrected chi connectivity index (χ3v) is 4.09. The van der Waals surface area contributed by atoms with Crippen molar-refractivity contribution in [2.75, 3.05) is 24.2 Å². The topological polar surface area (TPSA) is 135 Å². The summed E-state index contributed by atoms with van der Waals surface area (Å²) in [6.07, 6.45) is -7.58. The van der Waals surface area contributed by atoms with Crippen LogP contribution in [0.2, 0.25) is 0 Å². The summed E-state index contributed by atoms with van der Waals surface area (Å²) in [5.74, 6) is -4.96. The number of carbonyl (C=O) groups excluding carboxylic acids is 4. The van der Waals surface area contributed by atoms with Crippen molar-refractivity contribution in [2.24, 2.45) is 0 Å². The van der Waals surface area contributed by atoms with Gasteiger partial charge in [0.25, 0.3) is 0 Å². The van der Waals surface area contributed by atoms with Gasteiger partial charge in [-0.25, -0.2) is 0 Å². The Bertz CT molecular complexity index is 572. The second-order valence-corrected chi connectivity index (χ2v) is 6.17. The normalized spacial score (nSPS) is 26.8. The summed E-state index contributed by atoms with van der Waals surface area (Å²) in [6, 6.07) is 0. The van der Waals surface area contributed by atoms with Crippen molar-refractivity contribution >= 4 is 58.7 Å². The Morgan fingerprint density at radius 1 is 0.821 bits per heavy atom. The van der Waals surface area contributed by atoms with E-state index < -0.39 is 78.8 Å². The summed E-state index contributed by atoms with van der Waals surface area (Å²) in [5.41, 5.74) is 0. The van der Waals surface area contributed by atoms with E-state index in [1.54, 1.807) is 0 Å². The van der Waals surface area contributed by atoms with Crippen LogP contribution >= 0.6 is 34.8 Å². The number of aliphatic hydroxyl groups excluding tert-OH is 1. The van der Waals surface area contributed by atoms with Crippen LogP contribution in [0.4, 0.5) is 0 Å². The maximum atomic E-state index is 11.8. The molecule has 1 N–H and O–H groups in total. The smallest absolute Gasteiger partial charge is 0.321 e. The Morgan fingerprint density at radius 2 is 1.32 bits per heavy atom. The molecule has 1 heterocycles. The second kappa shape index (κ2) is 12.3. The van der Waals surface area contributed by atoms with Crippen LogP contribution in [0.25, 0.3) is 0 Å². The average molecular weight is 466 g/mol. The van der Waals surface area contributed by atoms with E-state index in [0.29, 0.717) is 0 Å². The molecule has 2 unspecified atom stereocenters. The molecule has 28 heavy (non-hydrogen) atoms. The van der Waals surface area contributed by atoms with Gasteiger partial charge in [0.1, 0.15) is 30.4 Å². The van der Waals surface area contributed by atoms with Crippen molar-refractivity contribution < 1.29 is 48.0 Å². The quantitative estimate of drug-likeness (QED) is 0.284. The lowest BCUT2D eigenvalue weighted by Crippen LogP contribution is -2.62. The van der Waals surface area contributed by atoms with Gasteiger partial charge in [-0.1, -0.05) is 6.92 Å². The van der Waals surface area contributed by atoms with Crippen LogP contribution in [0, 0.1) is 0 Å². The van der Waals surface area contributed by atoms with E-state index in [1.807, 2.05) is 0 Å². The minimum atomic E-state index is -1.80. The zero-order valence-electron chi connectivity index (χ0n) is 14.7. The van der Waals surface area contributed by atoms with Crippen LogP contribution in [0.1, 0.15) is 13.3 Å². The highest BCUT2D eigenvalue weighted by Gasteiger charge is 2.52. The molecular formula is C15H19Cl3O10. The molecule has 1 saturated heterocycles. The average Bonchev–Trinajstić information content (AvgIpc) is 2.69. The van der Waals surface area contributed by atoms with Gasteiger partial charge in [-0.05, 0) is 0 Å². The number of carbonyl (C=O) groups is 4. The first-order chi connectivity index (χ1) is 13.3. The molecule has 10 nitrogen and oxygen atoms in total. The molecular weight excluding hydrogens is 447 g/mol. The summed E-state index contributed by atoms with van der Waals surface area (Å²) in [5, 5.41) is 10.2. The molecule has 0 aromatic rings. The zero-order chi connectivity index (χ0) is 21.3. The lowest BCUT2D eigenvalue weighted by atomic mass is 9.98. The van der Waals surface area contributed by atoms with Crippen molar-refractivity contribution in [2.45, 2.75) is 44.1 Å². The molecule has 5 atom stereocenters. The van der Waals surface area contributed by atoms with E-state index in [9.17, 15) is 24.3 Å². The van der Waals surface area contributed by atoms with Gasteiger partial charge in [0.15, 0.2) is 24.6 Å². The Morgan fingerprint density at radius 3 is 1.82 bits per heavy atom. The van der Waals surface area contributed by atoms with Crippen LogP contribution in [0.3, 0.4) is 0 Å². The molecule has 0 amide bonds. The Kier molecular flexibility index (Phi) is 10.8. The first kappa shape index (κ1) is 24.7. The molecule has 0 radical (unpaired) electrons. The van der Waals surface area contributed by atoms with Crippen molar-refractivity contribution in [3.05, 3.63) is 0 Å². The minimum Gasteiger partial charge on any atom is -0.462 e. The van der Waals surface area contributed by atoms with Crippen LogP contribution in [-0.4, -0.2) is 83.9 Å². The van der Waals surface area contributed by atoms with E-state index in [-0.39, 0.29) is 6.42 Å². The summed E-state index contributed by atoms with van der Waals surface area (Å²) in [7, 11) is 0. The monoisotopic (exact) mass is 464 g/mol. The number of aliphatic hydroxyl groups is 1. The number of rotatable bonds is 9. The van der Waals surface area contributed by atoms with Gasteiger partial charge >= 0.3 is 23.9 Å². The molecule has 0 aromatic carbocycles. The third-order valence-electron chi connectivity index (χ3n) is 3.44. The fourth-order valence-electron chi connectivity index (χ4n) is 2.25. The SMILES string of the molecule is CCC(=O)O[C@H]1C(OC(=O)CCl)C(COC(=O)CCl)O[C@H](O)[C@@H]1OC(=O)CCl. The number of halogens is 3. The predicted molar refractivity (Wildman–Crippen MR) is 93.9 cm³/mol. The molecule has 0 aliphatic carbocycles. The fourth-order valence-corrected chi connectivity index (χ4v) is 2.45. The van der Waals surface area contributed by atoms with Gasteiger partial charge in [-0.3, -0.25) is 19.2 Å². The minimum absolute atomic E-state index is 0.0638. The number of hydrogen-bond acceptors (Lipinski definition) is 10. The van der Waals surface area contributed by atoms with Crippen molar-refractivity contribution in [1.29, 1.82) is 0 Å². The summed E-state index contributed by atoms with van der Waals surface area (Å²) < 4.78 is 25.4. The maximum absolute atomic E-state index is 11.8. The Balaban J connectivity index is 3.17. The van der Waals surface area contributed by atoms with Gasteiger partial charge in [0.05, 0.1) is 0 Å². The van der Waals surface area contributed by atoms with E-state index in [4.69, 9.17) is 58.5 Å². The van der Waals surface area contributed by atoms with Crippen molar-refractivity contribution in [3.8, 4) is 0 Å². The van der Waals surface area contributed by atoms with E-state index in [1.165, 1.54) is 6.92 Å². The summed E-state index contributed by atoms with van der Waals surface area (Å²) in [4.78, 5) is 46.4. The molecule has 13 heteroatoms. The zero-order valence-corrected chi connectivity index (χ0v) is 16.9. The van der Waals surface area contributed by atoms with Crippen LogP contribution in [0.5, 0.6) is 0 Å². The summed E-state index contributed by atoms with van der Waals surface area (Å²) in [6.45, 7) is 0.997. The number of ether oxygens (including phenoxy) is 5. The first-order valence-corrected chi connectivity index (χ1v) is 9.63. The van der Waals surface area contributed by atoms with Crippen molar-refractivity contribution in [1.82, 2.24) is 0 Å². The third kappa shape index (κ3) is 7.25.